The van der Waals surface area contributed by atoms with Crippen molar-refractivity contribution < 1.29 is 19.1 Å². The summed E-state index contributed by atoms with van der Waals surface area (Å²) < 4.78 is 10.2. The molecule has 0 aromatic carbocycles. The first-order valence-corrected chi connectivity index (χ1v) is 8.42. The molecule has 146 valence electrons. The molecule has 0 fully saturated rings. The molecule has 4 N–H and O–H groups in total. The minimum absolute atomic E-state index is 0. The highest BCUT2D eigenvalue weighted by atomic mass is 35.5. The standard InChI is InChI=1S/C16H32N2O4.2ClH/c17-11-5-1-3-9-15(19)21-13-7-8-14-22-16(20)10-4-2-6-12-18;;/h1-14,17-18H2;2*1H. The van der Waals surface area contributed by atoms with Crippen LogP contribution in [-0.2, 0) is 19.1 Å². The predicted molar refractivity (Wildman–Crippen MR) is 101 cm³/mol. The first-order chi connectivity index (χ1) is 10.7. The van der Waals surface area contributed by atoms with Crippen LogP contribution in [0, 0.1) is 0 Å². The molecule has 0 unspecified atom stereocenters. The van der Waals surface area contributed by atoms with E-state index in [9.17, 15) is 9.59 Å². The largest absolute Gasteiger partial charge is 0.466 e. The average Bonchev–Trinajstić information content (AvgIpc) is 2.51. The summed E-state index contributed by atoms with van der Waals surface area (Å²) in [7, 11) is 0. The highest BCUT2D eigenvalue weighted by molar-refractivity contribution is 5.85. The van der Waals surface area contributed by atoms with Crippen molar-refractivity contribution in [3.8, 4) is 0 Å². The van der Waals surface area contributed by atoms with Crippen LogP contribution in [0.25, 0.3) is 0 Å². The van der Waals surface area contributed by atoms with Gasteiger partial charge in [0.05, 0.1) is 13.2 Å². The summed E-state index contributed by atoms with van der Waals surface area (Å²) in [6.07, 6.45) is 7.84. The molecule has 0 heterocycles. The third kappa shape index (κ3) is 21.4. The van der Waals surface area contributed by atoms with Crippen LogP contribution in [0.2, 0.25) is 0 Å². The predicted octanol–water partition coefficient (Wildman–Crippen LogP) is 2.73. The van der Waals surface area contributed by atoms with E-state index in [1.165, 1.54) is 0 Å². The second kappa shape index (κ2) is 22.4. The number of esters is 2. The van der Waals surface area contributed by atoms with Crippen LogP contribution in [0.5, 0.6) is 0 Å². The molecule has 0 aliphatic rings. The van der Waals surface area contributed by atoms with E-state index >= 15 is 0 Å². The maximum atomic E-state index is 11.4. The van der Waals surface area contributed by atoms with Crippen LogP contribution >= 0.6 is 24.8 Å². The van der Waals surface area contributed by atoms with Crippen molar-refractivity contribution in [1.29, 1.82) is 0 Å². The number of rotatable bonds is 15. The first-order valence-electron chi connectivity index (χ1n) is 8.42. The van der Waals surface area contributed by atoms with Gasteiger partial charge in [-0.3, -0.25) is 9.59 Å². The van der Waals surface area contributed by atoms with Gasteiger partial charge in [0.15, 0.2) is 0 Å². The topological polar surface area (TPSA) is 105 Å². The van der Waals surface area contributed by atoms with E-state index in [1.54, 1.807) is 0 Å². The SMILES string of the molecule is Cl.Cl.NCCCCCC(=O)OCCCCOC(=O)CCCCCN. The van der Waals surface area contributed by atoms with Crippen LogP contribution in [0.3, 0.4) is 0 Å². The Kier molecular flexibility index (Phi) is 26.4. The van der Waals surface area contributed by atoms with E-state index in [4.69, 9.17) is 20.9 Å². The Bertz CT molecular complexity index is 267. The van der Waals surface area contributed by atoms with Gasteiger partial charge in [0.2, 0.25) is 0 Å². The number of nitrogens with two attached hydrogens (primary N) is 2. The van der Waals surface area contributed by atoms with Crippen molar-refractivity contribution in [3.05, 3.63) is 0 Å². The van der Waals surface area contributed by atoms with Gasteiger partial charge in [0.25, 0.3) is 0 Å². The second-order valence-electron chi connectivity index (χ2n) is 5.35. The summed E-state index contributed by atoms with van der Waals surface area (Å²) in [6, 6.07) is 0. The average molecular weight is 389 g/mol. The Morgan fingerprint density at radius 3 is 1.29 bits per heavy atom. The van der Waals surface area contributed by atoms with Crippen LogP contribution in [0.15, 0.2) is 0 Å². The second-order valence-corrected chi connectivity index (χ2v) is 5.35. The van der Waals surface area contributed by atoms with Crippen molar-refractivity contribution in [3.63, 3.8) is 0 Å². The molecule has 24 heavy (non-hydrogen) atoms. The highest BCUT2D eigenvalue weighted by Crippen LogP contribution is 2.03. The van der Waals surface area contributed by atoms with Gasteiger partial charge in [0.1, 0.15) is 0 Å². The number of hydrogen-bond donors (Lipinski definition) is 2. The van der Waals surface area contributed by atoms with Gasteiger partial charge in [-0.25, -0.2) is 0 Å². The Hall–Kier alpha value is -0.560. The molecule has 8 heteroatoms. The fourth-order valence-electron chi connectivity index (χ4n) is 1.90. The number of halogens is 2. The van der Waals surface area contributed by atoms with E-state index < -0.39 is 0 Å². The summed E-state index contributed by atoms with van der Waals surface area (Å²) >= 11 is 0. The molecule has 0 spiro atoms. The minimum Gasteiger partial charge on any atom is -0.466 e. The Morgan fingerprint density at radius 1 is 0.583 bits per heavy atom. The van der Waals surface area contributed by atoms with Gasteiger partial charge in [-0.15, -0.1) is 24.8 Å². The van der Waals surface area contributed by atoms with Crippen molar-refractivity contribution in [2.24, 2.45) is 11.5 Å². The fourth-order valence-corrected chi connectivity index (χ4v) is 1.90. The highest BCUT2D eigenvalue weighted by Gasteiger charge is 2.04. The zero-order chi connectivity index (χ0) is 16.5. The third-order valence-corrected chi connectivity index (χ3v) is 3.23. The van der Waals surface area contributed by atoms with Crippen molar-refractivity contribution in [2.75, 3.05) is 26.3 Å². The Balaban J connectivity index is -0.00000220. The lowest BCUT2D eigenvalue weighted by atomic mass is 10.2. The summed E-state index contributed by atoms with van der Waals surface area (Å²) in [6.45, 7) is 2.12. The van der Waals surface area contributed by atoms with E-state index in [-0.39, 0.29) is 36.8 Å². The molecule has 0 bridgehead atoms. The number of hydrogen-bond acceptors (Lipinski definition) is 6. The molecule has 0 aliphatic carbocycles. The maximum Gasteiger partial charge on any atom is 0.305 e. The number of carbonyl (C=O) groups excluding carboxylic acids is 2. The van der Waals surface area contributed by atoms with Crippen LogP contribution in [0.4, 0.5) is 0 Å². The molecule has 0 atom stereocenters. The molecule has 0 aromatic heterocycles. The number of unbranched alkanes of at least 4 members (excludes halogenated alkanes) is 5. The monoisotopic (exact) mass is 388 g/mol. The zero-order valence-electron chi connectivity index (χ0n) is 14.5. The van der Waals surface area contributed by atoms with E-state index in [2.05, 4.69) is 0 Å². The van der Waals surface area contributed by atoms with Gasteiger partial charge in [-0.05, 0) is 51.6 Å². The molecule has 0 saturated carbocycles. The summed E-state index contributed by atoms with van der Waals surface area (Å²) in [5.41, 5.74) is 10.8. The number of ether oxygens (including phenoxy) is 2. The summed E-state index contributed by atoms with van der Waals surface area (Å²) in [5.74, 6) is -0.317. The van der Waals surface area contributed by atoms with Crippen molar-refractivity contribution in [2.45, 2.75) is 64.2 Å². The minimum atomic E-state index is -0.158. The quantitative estimate of drug-likeness (QED) is 0.330. The molecule has 6 nitrogen and oxygen atoms in total. The maximum absolute atomic E-state index is 11.4. The van der Waals surface area contributed by atoms with Crippen LogP contribution in [0.1, 0.15) is 64.2 Å². The lowest BCUT2D eigenvalue weighted by Gasteiger charge is -2.06. The van der Waals surface area contributed by atoms with Crippen molar-refractivity contribution >= 4 is 36.8 Å². The smallest absolute Gasteiger partial charge is 0.305 e. The Morgan fingerprint density at radius 2 is 0.958 bits per heavy atom. The van der Waals surface area contributed by atoms with E-state index in [0.29, 0.717) is 39.1 Å². The van der Waals surface area contributed by atoms with Gasteiger partial charge >= 0.3 is 11.9 Å². The van der Waals surface area contributed by atoms with Gasteiger partial charge in [0, 0.05) is 12.8 Å². The molecule has 0 rings (SSSR count). The first kappa shape index (κ1) is 28.3. The zero-order valence-corrected chi connectivity index (χ0v) is 16.1. The normalized spacial score (nSPS) is 9.58. The Labute approximate surface area is 158 Å². The summed E-state index contributed by atoms with van der Waals surface area (Å²) in [5, 5.41) is 0. The fraction of sp³-hybridized carbons (Fsp3) is 0.875. The lowest BCUT2D eigenvalue weighted by Crippen LogP contribution is -2.09. The van der Waals surface area contributed by atoms with Crippen LogP contribution in [-0.4, -0.2) is 38.2 Å². The third-order valence-electron chi connectivity index (χ3n) is 3.23. The lowest BCUT2D eigenvalue weighted by molar-refractivity contribution is -0.146. The van der Waals surface area contributed by atoms with E-state index in [1.807, 2.05) is 0 Å². The molecule has 0 aromatic rings. The molecule has 0 saturated heterocycles. The number of carbonyl (C=O) groups is 2. The van der Waals surface area contributed by atoms with Gasteiger partial charge in [-0.2, -0.15) is 0 Å². The molecule has 0 amide bonds. The molecular formula is C16H34Cl2N2O4. The molecule has 0 aliphatic heterocycles. The molecule has 0 radical (unpaired) electrons. The van der Waals surface area contributed by atoms with Crippen molar-refractivity contribution in [1.82, 2.24) is 0 Å². The van der Waals surface area contributed by atoms with Gasteiger partial charge in [-0.1, -0.05) is 12.8 Å². The van der Waals surface area contributed by atoms with Gasteiger partial charge < -0.3 is 20.9 Å². The summed E-state index contributed by atoms with van der Waals surface area (Å²) in [4.78, 5) is 22.7. The van der Waals surface area contributed by atoms with Crippen LogP contribution < -0.4 is 11.5 Å². The van der Waals surface area contributed by atoms with E-state index in [0.717, 1.165) is 51.4 Å². The molecular weight excluding hydrogens is 355 g/mol.